The molecule has 0 saturated carbocycles. The van der Waals surface area contributed by atoms with Gasteiger partial charge < -0.3 is 29.9 Å². The third-order valence-electron chi connectivity index (χ3n) is 5.74. The van der Waals surface area contributed by atoms with Gasteiger partial charge in [-0.2, -0.15) is 0 Å². The number of carboxylic acids is 2. The zero-order valence-corrected chi connectivity index (χ0v) is 23.0. The number of nitrogens with zero attached hydrogens (tertiary/aromatic N) is 1. The standard InChI is InChI=1S/C26H29ClN2O3.C4H4O4/c1-3-17-32-23-12-13-24-21(18-23)9-8-20-10-11-22(27)19-25(20)29(24)16-5-4-14-28-15-6-7-26(30)31-2;5-3(6)1-2-4(7)8/h1,6-7,10-13,18-19,28H,4-5,8-9,14-17H2,2H3;1-2H,(H,5,6)(H,7,8)/b7-6+;2-1-. The maximum atomic E-state index is 11.1. The van der Waals surface area contributed by atoms with Gasteiger partial charge in [0.25, 0.3) is 0 Å². The lowest BCUT2D eigenvalue weighted by Crippen LogP contribution is -2.22. The second-order valence-electron chi connectivity index (χ2n) is 8.55. The number of aliphatic carboxylic acids is 2. The zero-order chi connectivity index (χ0) is 29.3. The molecule has 3 rings (SSSR count). The predicted molar refractivity (Wildman–Crippen MR) is 154 cm³/mol. The smallest absolute Gasteiger partial charge is 0.330 e. The number of methoxy groups -OCH3 is 1. The molecule has 0 fully saturated rings. The summed E-state index contributed by atoms with van der Waals surface area (Å²) >= 11 is 6.35. The molecule has 0 aromatic heterocycles. The van der Waals surface area contributed by atoms with Gasteiger partial charge in [0.05, 0.1) is 7.11 Å². The first-order valence-corrected chi connectivity index (χ1v) is 13.0. The molecule has 0 unspecified atom stereocenters. The third kappa shape index (κ3) is 11.2. The number of anilines is 2. The minimum Gasteiger partial charge on any atom is -0.481 e. The molecule has 2 aromatic carbocycles. The number of rotatable bonds is 12. The van der Waals surface area contributed by atoms with Crippen molar-refractivity contribution in [3.8, 4) is 18.1 Å². The van der Waals surface area contributed by atoms with Gasteiger partial charge in [-0.05, 0) is 73.7 Å². The van der Waals surface area contributed by atoms with E-state index in [1.54, 1.807) is 6.08 Å². The lowest BCUT2D eigenvalue weighted by Gasteiger charge is -2.27. The van der Waals surface area contributed by atoms with Crippen molar-refractivity contribution in [2.45, 2.75) is 25.7 Å². The fourth-order valence-electron chi connectivity index (χ4n) is 3.95. The second kappa shape index (κ2) is 17.4. The van der Waals surface area contributed by atoms with E-state index >= 15 is 0 Å². The number of unbranched alkanes of at least 4 members (excludes halogenated alkanes) is 1. The van der Waals surface area contributed by atoms with Crippen LogP contribution in [0.3, 0.4) is 0 Å². The Balaban J connectivity index is 0.000000611. The van der Waals surface area contributed by atoms with E-state index in [1.165, 1.54) is 35.7 Å². The van der Waals surface area contributed by atoms with E-state index in [0.29, 0.717) is 18.7 Å². The van der Waals surface area contributed by atoms with Gasteiger partial charge in [-0.1, -0.05) is 29.7 Å². The van der Waals surface area contributed by atoms with Crippen molar-refractivity contribution in [1.82, 2.24) is 5.32 Å². The van der Waals surface area contributed by atoms with E-state index in [2.05, 4.69) is 45.1 Å². The number of benzene rings is 2. The SMILES string of the molecule is C#CCOc1ccc2c(c1)CCc1ccc(Cl)cc1N2CCCCNC/C=C/C(=O)OC.O=C(O)/C=C\C(=O)O. The van der Waals surface area contributed by atoms with Gasteiger partial charge >= 0.3 is 17.9 Å². The molecule has 9 nitrogen and oxygen atoms in total. The largest absolute Gasteiger partial charge is 0.481 e. The van der Waals surface area contributed by atoms with Gasteiger partial charge in [0.1, 0.15) is 12.4 Å². The molecule has 0 spiro atoms. The number of carboxylic acid groups (broad SMARTS) is 2. The highest BCUT2D eigenvalue weighted by Gasteiger charge is 2.21. The van der Waals surface area contributed by atoms with E-state index in [0.717, 1.165) is 49.5 Å². The molecule has 212 valence electrons. The Labute approximate surface area is 239 Å². The molecule has 40 heavy (non-hydrogen) atoms. The summed E-state index contributed by atoms with van der Waals surface area (Å²) in [6.07, 6.45) is 13.6. The number of hydrogen-bond donors (Lipinski definition) is 3. The summed E-state index contributed by atoms with van der Waals surface area (Å²) in [4.78, 5) is 32.6. The number of halogens is 1. The highest BCUT2D eigenvalue weighted by Crippen LogP contribution is 2.39. The lowest BCUT2D eigenvalue weighted by molar-refractivity contribution is -0.135. The van der Waals surface area contributed by atoms with Crippen LogP contribution in [-0.4, -0.2) is 61.5 Å². The first-order chi connectivity index (χ1) is 19.2. The number of hydrogen-bond acceptors (Lipinski definition) is 7. The minimum absolute atomic E-state index is 0.264. The summed E-state index contributed by atoms with van der Waals surface area (Å²) in [7, 11) is 1.37. The molecule has 10 heteroatoms. The topological polar surface area (TPSA) is 125 Å². The van der Waals surface area contributed by atoms with Crippen molar-refractivity contribution in [2.75, 3.05) is 38.3 Å². The van der Waals surface area contributed by atoms with Crippen molar-refractivity contribution in [3.05, 3.63) is 76.9 Å². The monoisotopic (exact) mass is 568 g/mol. The van der Waals surface area contributed by atoms with Crippen molar-refractivity contribution >= 4 is 40.9 Å². The highest BCUT2D eigenvalue weighted by atomic mass is 35.5. The maximum Gasteiger partial charge on any atom is 0.330 e. The number of ether oxygens (including phenoxy) is 2. The molecule has 0 bridgehead atoms. The van der Waals surface area contributed by atoms with Crippen molar-refractivity contribution in [1.29, 1.82) is 0 Å². The van der Waals surface area contributed by atoms with Crippen LogP contribution in [-0.2, 0) is 32.0 Å². The minimum atomic E-state index is -1.26. The summed E-state index contributed by atoms with van der Waals surface area (Å²) in [6.45, 7) is 2.65. The molecular weight excluding hydrogens is 536 g/mol. The summed E-state index contributed by atoms with van der Waals surface area (Å²) in [6, 6.07) is 12.3. The van der Waals surface area contributed by atoms with Crippen LogP contribution in [0, 0.1) is 12.3 Å². The molecule has 1 aliphatic rings. The van der Waals surface area contributed by atoms with E-state index in [-0.39, 0.29) is 12.6 Å². The number of carbonyl (C=O) groups excluding carboxylic acids is 1. The van der Waals surface area contributed by atoms with Crippen LogP contribution in [0.5, 0.6) is 5.75 Å². The number of terminal acetylenes is 1. The van der Waals surface area contributed by atoms with Crippen molar-refractivity contribution in [2.24, 2.45) is 0 Å². The molecule has 2 aromatic rings. The van der Waals surface area contributed by atoms with Gasteiger partial charge in [0.15, 0.2) is 0 Å². The molecule has 0 radical (unpaired) electrons. The molecule has 1 heterocycles. The second-order valence-corrected chi connectivity index (χ2v) is 8.99. The zero-order valence-electron chi connectivity index (χ0n) is 22.3. The summed E-state index contributed by atoms with van der Waals surface area (Å²) in [5.74, 6) is 0.469. The molecule has 3 N–H and O–H groups in total. The van der Waals surface area contributed by atoms with Crippen LogP contribution < -0.4 is 15.0 Å². The Morgan fingerprint density at radius 3 is 2.42 bits per heavy atom. The van der Waals surface area contributed by atoms with Crippen LogP contribution in [0.2, 0.25) is 5.02 Å². The number of aryl methyl sites for hydroxylation is 2. The summed E-state index contributed by atoms with van der Waals surface area (Å²) < 4.78 is 10.2. The Morgan fingerprint density at radius 1 is 1.02 bits per heavy atom. The van der Waals surface area contributed by atoms with Crippen molar-refractivity contribution in [3.63, 3.8) is 0 Å². The lowest BCUT2D eigenvalue weighted by atomic mass is 10.0. The molecule has 1 aliphatic heterocycles. The fourth-order valence-corrected chi connectivity index (χ4v) is 4.12. The normalized spacial score (nSPS) is 12.0. The molecule has 0 aliphatic carbocycles. The fraction of sp³-hybridized carbons (Fsp3) is 0.300. The average molecular weight is 569 g/mol. The van der Waals surface area contributed by atoms with Crippen LogP contribution in [0.25, 0.3) is 0 Å². The van der Waals surface area contributed by atoms with Gasteiger partial charge in [-0.3, -0.25) is 0 Å². The number of carbonyl (C=O) groups is 3. The molecule has 0 amide bonds. The van der Waals surface area contributed by atoms with E-state index in [9.17, 15) is 14.4 Å². The first-order valence-electron chi connectivity index (χ1n) is 12.6. The van der Waals surface area contributed by atoms with Crippen molar-refractivity contribution < 1.29 is 34.1 Å². The third-order valence-corrected chi connectivity index (χ3v) is 5.97. The van der Waals surface area contributed by atoms with Gasteiger partial charge in [-0.25, -0.2) is 14.4 Å². The summed E-state index contributed by atoms with van der Waals surface area (Å²) in [5.41, 5.74) is 4.90. The van der Waals surface area contributed by atoms with E-state index < -0.39 is 11.9 Å². The number of nitrogens with one attached hydrogen (secondary N) is 1. The molecule has 0 atom stereocenters. The average Bonchev–Trinajstić information content (AvgIpc) is 3.08. The molecular formula is C30H33ClN2O7. The predicted octanol–water partition coefficient (Wildman–Crippen LogP) is 4.40. The Morgan fingerprint density at radius 2 is 1.75 bits per heavy atom. The molecule has 0 saturated heterocycles. The highest BCUT2D eigenvalue weighted by molar-refractivity contribution is 6.30. The Bertz CT molecular complexity index is 1250. The van der Waals surface area contributed by atoms with E-state index in [1.807, 2.05) is 12.1 Å². The first kappa shape index (κ1) is 32.0. The Kier molecular flexibility index (Phi) is 13.9. The Hall–Kier alpha value is -4.26. The van der Waals surface area contributed by atoms with E-state index in [4.69, 9.17) is 33.0 Å². The van der Waals surface area contributed by atoms with Crippen LogP contribution in [0.15, 0.2) is 60.7 Å². The van der Waals surface area contributed by atoms with Gasteiger partial charge in [-0.15, -0.1) is 6.42 Å². The van der Waals surface area contributed by atoms with Crippen LogP contribution in [0.4, 0.5) is 11.4 Å². The quantitative estimate of drug-likeness (QED) is 0.148. The maximum absolute atomic E-state index is 11.1. The summed E-state index contributed by atoms with van der Waals surface area (Å²) in [5, 5.41) is 19.7. The number of esters is 1. The van der Waals surface area contributed by atoms with Gasteiger partial charge in [0, 0.05) is 47.7 Å². The van der Waals surface area contributed by atoms with Crippen LogP contribution in [0.1, 0.15) is 24.0 Å². The van der Waals surface area contributed by atoms with Crippen LogP contribution >= 0.6 is 11.6 Å². The number of fused-ring (bicyclic) bond motifs is 2. The van der Waals surface area contributed by atoms with Gasteiger partial charge in [0.2, 0.25) is 0 Å².